The molecule has 1 aromatic carbocycles. The zero-order valence-corrected chi connectivity index (χ0v) is 15.0. The van der Waals surface area contributed by atoms with E-state index in [4.69, 9.17) is 9.47 Å². The predicted octanol–water partition coefficient (Wildman–Crippen LogP) is 3.29. The van der Waals surface area contributed by atoms with Crippen LogP contribution >= 0.6 is 0 Å². The molecule has 0 radical (unpaired) electrons. The van der Waals surface area contributed by atoms with E-state index in [1.54, 1.807) is 7.11 Å². The molecule has 0 amide bonds. The number of hydrogen-bond donors (Lipinski definition) is 0. The summed E-state index contributed by atoms with van der Waals surface area (Å²) in [6.07, 6.45) is 3.36. The van der Waals surface area contributed by atoms with Crippen molar-refractivity contribution in [3.05, 3.63) is 41.7 Å². The Morgan fingerprint density at radius 2 is 2.04 bits per heavy atom. The van der Waals surface area contributed by atoms with Crippen molar-refractivity contribution < 1.29 is 14.3 Å². The van der Waals surface area contributed by atoms with Gasteiger partial charge in [-0.15, -0.1) is 5.10 Å². The number of aryl methyl sites for hydroxylation is 1. The molecule has 0 spiro atoms. The lowest BCUT2D eigenvalue weighted by Gasteiger charge is -2.29. The molecule has 6 nitrogen and oxygen atoms in total. The van der Waals surface area contributed by atoms with Crippen LogP contribution in [0.2, 0.25) is 0 Å². The van der Waals surface area contributed by atoms with Gasteiger partial charge in [-0.05, 0) is 30.0 Å². The van der Waals surface area contributed by atoms with Crippen molar-refractivity contribution in [2.24, 2.45) is 0 Å². The lowest BCUT2D eigenvalue weighted by molar-refractivity contribution is -0.136. The van der Waals surface area contributed by atoms with Crippen molar-refractivity contribution in [1.29, 1.82) is 0 Å². The van der Waals surface area contributed by atoms with Crippen LogP contribution in [0.5, 0.6) is 5.75 Å². The number of nitrogens with zero attached hydrogens (tertiary/aromatic N) is 3. The second-order valence-electron chi connectivity index (χ2n) is 6.82. The van der Waals surface area contributed by atoms with Gasteiger partial charge < -0.3 is 9.47 Å². The van der Waals surface area contributed by atoms with Gasteiger partial charge in [-0.3, -0.25) is 9.48 Å². The van der Waals surface area contributed by atoms with E-state index in [9.17, 15) is 4.79 Å². The third-order valence-corrected chi connectivity index (χ3v) is 4.54. The maximum atomic E-state index is 12.1. The van der Waals surface area contributed by atoms with Crippen molar-refractivity contribution in [2.75, 3.05) is 7.11 Å². The Morgan fingerprint density at radius 1 is 1.28 bits per heavy atom. The molecular weight excluding hydrogens is 318 g/mol. The van der Waals surface area contributed by atoms with Crippen LogP contribution in [0.15, 0.2) is 30.5 Å². The fraction of sp³-hybridized carbons (Fsp3) is 0.526. The van der Waals surface area contributed by atoms with Crippen LogP contribution in [0.1, 0.15) is 56.4 Å². The maximum absolute atomic E-state index is 12.1. The topological polar surface area (TPSA) is 66.2 Å². The van der Waals surface area contributed by atoms with Crippen LogP contribution in [0, 0.1) is 0 Å². The van der Waals surface area contributed by atoms with Gasteiger partial charge in [0.05, 0.1) is 25.0 Å². The fourth-order valence-electron chi connectivity index (χ4n) is 3.02. The summed E-state index contributed by atoms with van der Waals surface area (Å²) in [5, 5.41) is 8.32. The van der Waals surface area contributed by atoms with Gasteiger partial charge in [0, 0.05) is 25.6 Å². The third-order valence-electron chi connectivity index (χ3n) is 4.54. The highest BCUT2D eigenvalue weighted by atomic mass is 16.5. The number of Topliss-reactive ketones (excluding diaryl/α,β-unsaturated/α-hetero) is 1. The van der Waals surface area contributed by atoms with Crippen molar-refractivity contribution in [2.45, 2.75) is 57.8 Å². The zero-order valence-electron chi connectivity index (χ0n) is 15.0. The Labute approximate surface area is 148 Å². The van der Waals surface area contributed by atoms with E-state index in [1.807, 2.05) is 35.1 Å². The summed E-state index contributed by atoms with van der Waals surface area (Å²) in [6, 6.07) is 7.72. The average Bonchev–Trinajstić information content (AvgIpc) is 3.09. The van der Waals surface area contributed by atoms with E-state index in [0.29, 0.717) is 25.3 Å². The highest BCUT2D eigenvalue weighted by molar-refractivity contribution is 5.80. The third kappa shape index (κ3) is 4.45. The second-order valence-corrected chi connectivity index (χ2v) is 6.82. The Balaban J connectivity index is 1.60. The van der Waals surface area contributed by atoms with E-state index in [1.165, 1.54) is 0 Å². The SMILES string of the molecule is COc1ccc([C@H]2CC(=O)C[C@@H](CCn3cc(C(C)C)nn3)O2)cc1. The first kappa shape index (κ1) is 17.6. The molecule has 1 aliphatic heterocycles. The molecule has 1 aliphatic rings. The molecule has 6 heteroatoms. The predicted molar refractivity (Wildman–Crippen MR) is 93.6 cm³/mol. The minimum atomic E-state index is -0.181. The van der Waals surface area contributed by atoms with Crippen LogP contribution < -0.4 is 4.74 Å². The number of ketones is 1. The Kier molecular flexibility index (Phi) is 5.48. The zero-order chi connectivity index (χ0) is 17.8. The summed E-state index contributed by atoms with van der Waals surface area (Å²) in [7, 11) is 1.64. The molecule has 1 fully saturated rings. The van der Waals surface area contributed by atoms with Gasteiger partial charge in [0.25, 0.3) is 0 Å². The molecule has 2 heterocycles. The van der Waals surface area contributed by atoms with Crippen LogP contribution in [-0.2, 0) is 16.1 Å². The van der Waals surface area contributed by atoms with E-state index in [2.05, 4.69) is 24.2 Å². The summed E-state index contributed by atoms with van der Waals surface area (Å²) >= 11 is 0. The normalized spacial score (nSPS) is 20.9. The van der Waals surface area contributed by atoms with E-state index in [0.717, 1.165) is 23.4 Å². The van der Waals surface area contributed by atoms with Gasteiger partial charge in [0.15, 0.2) is 0 Å². The number of rotatable bonds is 6. The van der Waals surface area contributed by atoms with E-state index < -0.39 is 0 Å². The van der Waals surface area contributed by atoms with Crippen molar-refractivity contribution in [1.82, 2.24) is 15.0 Å². The fourth-order valence-corrected chi connectivity index (χ4v) is 3.02. The molecule has 2 atom stereocenters. The summed E-state index contributed by atoms with van der Waals surface area (Å²) < 4.78 is 13.2. The summed E-state index contributed by atoms with van der Waals surface area (Å²) in [4.78, 5) is 12.1. The second kappa shape index (κ2) is 7.78. The summed E-state index contributed by atoms with van der Waals surface area (Å²) in [5.41, 5.74) is 2.00. The minimum absolute atomic E-state index is 0.0833. The molecule has 1 aromatic heterocycles. The standard InChI is InChI=1S/C19H25N3O3/c1-13(2)18-12-22(21-20-18)9-8-17-10-15(23)11-19(25-17)14-4-6-16(24-3)7-5-14/h4-7,12-13,17,19H,8-11H2,1-3H3/t17-,19-/m1/s1. The molecule has 0 N–H and O–H groups in total. The van der Waals surface area contributed by atoms with Crippen molar-refractivity contribution >= 4 is 5.78 Å². The lowest BCUT2D eigenvalue weighted by atomic mass is 9.96. The lowest BCUT2D eigenvalue weighted by Crippen LogP contribution is -2.29. The number of hydrogen-bond acceptors (Lipinski definition) is 5. The van der Waals surface area contributed by atoms with Crippen LogP contribution in [0.4, 0.5) is 0 Å². The largest absolute Gasteiger partial charge is 0.497 e. The van der Waals surface area contributed by atoms with Gasteiger partial charge in [-0.1, -0.05) is 31.2 Å². The van der Waals surface area contributed by atoms with Crippen molar-refractivity contribution in [3.63, 3.8) is 0 Å². The number of aromatic nitrogens is 3. The molecule has 0 bridgehead atoms. The van der Waals surface area contributed by atoms with E-state index in [-0.39, 0.29) is 18.0 Å². The molecule has 0 saturated carbocycles. The summed E-state index contributed by atoms with van der Waals surface area (Å²) in [6.45, 7) is 4.89. The first-order valence-electron chi connectivity index (χ1n) is 8.76. The molecule has 2 aromatic rings. The van der Waals surface area contributed by atoms with Gasteiger partial charge in [0.2, 0.25) is 0 Å². The number of ether oxygens (including phenoxy) is 2. The number of carbonyl (C=O) groups is 1. The first-order chi connectivity index (χ1) is 12.0. The van der Waals surface area contributed by atoms with Gasteiger partial charge in [0.1, 0.15) is 11.5 Å². The first-order valence-corrected chi connectivity index (χ1v) is 8.76. The number of carbonyl (C=O) groups excluding carboxylic acids is 1. The van der Waals surface area contributed by atoms with Crippen molar-refractivity contribution in [3.8, 4) is 5.75 Å². The van der Waals surface area contributed by atoms with Crippen LogP contribution in [0.3, 0.4) is 0 Å². The number of methoxy groups -OCH3 is 1. The summed E-state index contributed by atoms with van der Waals surface area (Å²) in [5.74, 6) is 1.41. The quantitative estimate of drug-likeness (QED) is 0.805. The molecule has 1 saturated heterocycles. The minimum Gasteiger partial charge on any atom is -0.497 e. The van der Waals surface area contributed by atoms with Gasteiger partial charge in [-0.25, -0.2) is 0 Å². The molecule has 0 aliphatic carbocycles. The average molecular weight is 343 g/mol. The van der Waals surface area contributed by atoms with Crippen LogP contribution in [-0.4, -0.2) is 34.0 Å². The molecule has 134 valence electrons. The Bertz CT molecular complexity index is 709. The molecule has 3 rings (SSSR count). The molecule has 0 unspecified atom stereocenters. The molecule has 25 heavy (non-hydrogen) atoms. The Morgan fingerprint density at radius 3 is 2.68 bits per heavy atom. The highest BCUT2D eigenvalue weighted by Gasteiger charge is 2.29. The van der Waals surface area contributed by atoms with Gasteiger partial charge >= 0.3 is 0 Å². The maximum Gasteiger partial charge on any atom is 0.138 e. The number of benzene rings is 1. The highest BCUT2D eigenvalue weighted by Crippen LogP contribution is 2.31. The smallest absolute Gasteiger partial charge is 0.138 e. The monoisotopic (exact) mass is 343 g/mol. The van der Waals surface area contributed by atoms with Crippen LogP contribution in [0.25, 0.3) is 0 Å². The van der Waals surface area contributed by atoms with E-state index >= 15 is 0 Å². The molecular formula is C19H25N3O3. The van der Waals surface area contributed by atoms with Gasteiger partial charge in [-0.2, -0.15) is 0 Å². The Hall–Kier alpha value is -2.21.